The summed E-state index contributed by atoms with van der Waals surface area (Å²) in [6, 6.07) is 11.5. The first-order valence-corrected chi connectivity index (χ1v) is 11.0. The molecule has 3 rings (SSSR count). The monoisotopic (exact) mass is 417 g/mol. The van der Waals surface area contributed by atoms with Crippen molar-refractivity contribution in [2.24, 2.45) is 5.10 Å². The molecule has 0 saturated heterocycles. The minimum atomic E-state index is -3.36. The maximum Gasteiger partial charge on any atom is 0.242 e. The number of phenols is 1. The van der Waals surface area contributed by atoms with Gasteiger partial charge in [-0.3, -0.25) is 9.52 Å². The van der Waals surface area contributed by atoms with Crippen molar-refractivity contribution in [2.45, 2.75) is 25.8 Å². The van der Waals surface area contributed by atoms with Gasteiger partial charge in [0, 0.05) is 24.1 Å². The van der Waals surface area contributed by atoms with Crippen LogP contribution in [0.4, 0.5) is 5.69 Å². The average Bonchev–Trinajstić information content (AvgIpc) is 3.12. The molecule has 0 unspecified atom stereocenters. The molecule has 1 aliphatic rings. The molecular formula is C20H23N3O5S. The summed E-state index contributed by atoms with van der Waals surface area (Å²) in [7, 11) is -1.89. The molecule has 9 heteroatoms. The van der Waals surface area contributed by atoms with Crippen LogP contribution in [-0.2, 0) is 14.8 Å². The number of methoxy groups -OCH3 is 1. The summed E-state index contributed by atoms with van der Waals surface area (Å²) in [5.74, 6) is 0.150. The smallest absolute Gasteiger partial charge is 0.242 e. The van der Waals surface area contributed by atoms with Crippen molar-refractivity contribution in [2.75, 3.05) is 18.1 Å². The first-order chi connectivity index (χ1) is 13.7. The standard InChI is InChI=1S/C20H23N3O5S/c1-4-19(24)23-17(15-6-5-7-18(28-2)20(15)25)12-16(21-23)13-8-10-14(11-9-13)22-29(3,26)27/h5-11,17,22,25H,4,12H2,1-3H3/t17-/m1/s1. The molecule has 0 spiro atoms. The molecule has 0 aromatic heterocycles. The van der Waals surface area contributed by atoms with E-state index in [1.54, 1.807) is 49.4 Å². The molecule has 2 aromatic carbocycles. The Labute approximate surface area is 169 Å². The van der Waals surface area contributed by atoms with Crippen molar-refractivity contribution in [1.29, 1.82) is 0 Å². The summed E-state index contributed by atoms with van der Waals surface area (Å²) in [6.07, 6.45) is 1.77. The lowest BCUT2D eigenvalue weighted by Crippen LogP contribution is -2.26. The molecule has 1 aliphatic heterocycles. The fourth-order valence-electron chi connectivity index (χ4n) is 3.24. The van der Waals surface area contributed by atoms with E-state index in [0.29, 0.717) is 29.1 Å². The Morgan fingerprint density at radius 1 is 1.28 bits per heavy atom. The van der Waals surface area contributed by atoms with Crippen molar-refractivity contribution in [3.63, 3.8) is 0 Å². The number of sulfonamides is 1. The van der Waals surface area contributed by atoms with E-state index in [9.17, 15) is 18.3 Å². The predicted octanol–water partition coefficient (Wildman–Crippen LogP) is 2.86. The first kappa shape index (κ1) is 20.7. The second-order valence-electron chi connectivity index (χ2n) is 6.71. The second kappa shape index (κ2) is 8.12. The third kappa shape index (κ3) is 4.51. The van der Waals surface area contributed by atoms with E-state index in [1.165, 1.54) is 12.1 Å². The average molecular weight is 417 g/mol. The molecule has 0 bridgehead atoms. The van der Waals surface area contributed by atoms with E-state index in [2.05, 4.69) is 9.82 Å². The number of hydrogen-bond acceptors (Lipinski definition) is 6. The van der Waals surface area contributed by atoms with E-state index >= 15 is 0 Å². The van der Waals surface area contributed by atoms with E-state index in [4.69, 9.17) is 4.74 Å². The van der Waals surface area contributed by atoms with Crippen LogP contribution in [0.3, 0.4) is 0 Å². The molecule has 0 aliphatic carbocycles. The van der Waals surface area contributed by atoms with Crippen LogP contribution in [0.15, 0.2) is 47.6 Å². The second-order valence-corrected chi connectivity index (χ2v) is 8.46. The van der Waals surface area contributed by atoms with Crippen LogP contribution in [0.1, 0.15) is 36.9 Å². The maximum atomic E-state index is 12.5. The van der Waals surface area contributed by atoms with Crippen LogP contribution in [0.25, 0.3) is 0 Å². The van der Waals surface area contributed by atoms with Gasteiger partial charge in [0.15, 0.2) is 11.5 Å². The maximum absolute atomic E-state index is 12.5. The number of anilines is 1. The molecule has 154 valence electrons. The Morgan fingerprint density at radius 3 is 2.55 bits per heavy atom. The van der Waals surface area contributed by atoms with Crippen molar-refractivity contribution >= 4 is 27.3 Å². The largest absolute Gasteiger partial charge is 0.504 e. The summed E-state index contributed by atoms with van der Waals surface area (Å²) in [5, 5.41) is 16.4. The molecule has 1 atom stereocenters. The van der Waals surface area contributed by atoms with Gasteiger partial charge >= 0.3 is 0 Å². The van der Waals surface area contributed by atoms with Crippen LogP contribution in [-0.4, -0.2) is 43.5 Å². The molecule has 8 nitrogen and oxygen atoms in total. The zero-order valence-electron chi connectivity index (χ0n) is 16.4. The molecule has 2 N–H and O–H groups in total. The van der Waals surface area contributed by atoms with Crippen molar-refractivity contribution in [3.8, 4) is 11.5 Å². The number of nitrogens with zero attached hydrogens (tertiary/aromatic N) is 2. The van der Waals surface area contributed by atoms with E-state index in [-0.39, 0.29) is 18.1 Å². The highest BCUT2D eigenvalue weighted by molar-refractivity contribution is 7.92. The first-order valence-electron chi connectivity index (χ1n) is 9.07. The number of aromatic hydroxyl groups is 1. The lowest BCUT2D eigenvalue weighted by atomic mass is 9.97. The number of carbonyl (C=O) groups is 1. The topological polar surface area (TPSA) is 108 Å². The minimum absolute atomic E-state index is 0.0157. The van der Waals surface area contributed by atoms with Crippen LogP contribution in [0.5, 0.6) is 11.5 Å². The molecule has 1 heterocycles. The van der Waals surface area contributed by atoms with Crippen molar-refractivity contribution < 1.29 is 23.1 Å². The summed E-state index contributed by atoms with van der Waals surface area (Å²) in [6.45, 7) is 1.75. The van der Waals surface area contributed by atoms with Crippen LogP contribution < -0.4 is 9.46 Å². The van der Waals surface area contributed by atoms with Gasteiger partial charge in [-0.25, -0.2) is 13.4 Å². The van der Waals surface area contributed by atoms with Gasteiger partial charge < -0.3 is 9.84 Å². The zero-order chi connectivity index (χ0) is 21.2. The highest BCUT2D eigenvalue weighted by Gasteiger charge is 2.34. The Bertz CT molecular complexity index is 1050. The van der Waals surface area contributed by atoms with Gasteiger partial charge in [0.1, 0.15) is 0 Å². The number of nitrogens with one attached hydrogen (secondary N) is 1. The third-order valence-electron chi connectivity index (χ3n) is 4.60. The fraction of sp³-hybridized carbons (Fsp3) is 0.300. The van der Waals surface area contributed by atoms with E-state index < -0.39 is 16.1 Å². The highest BCUT2D eigenvalue weighted by Crippen LogP contribution is 2.41. The van der Waals surface area contributed by atoms with Crippen LogP contribution >= 0.6 is 0 Å². The molecule has 0 saturated carbocycles. The summed E-state index contributed by atoms with van der Waals surface area (Å²) >= 11 is 0. The van der Waals surface area contributed by atoms with Crippen molar-refractivity contribution in [1.82, 2.24) is 5.01 Å². The van der Waals surface area contributed by atoms with Crippen LogP contribution in [0, 0.1) is 0 Å². The molecule has 1 amide bonds. The number of ether oxygens (including phenoxy) is 1. The number of carbonyl (C=O) groups excluding carboxylic acids is 1. The summed E-state index contributed by atoms with van der Waals surface area (Å²) in [4.78, 5) is 12.5. The number of hydrazone groups is 1. The van der Waals surface area contributed by atoms with Gasteiger partial charge in [0.25, 0.3) is 0 Å². The Morgan fingerprint density at radius 2 is 1.97 bits per heavy atom. The van der Waals surface area contributed by atoms with Gasteiger partial charge in [-0.2, -0.15) is 5.10 Å². The SMILES string of the molecule is CCC(=O)N1N=C(c2ccc(NS(C)(=O)=O)cc2)C[C@@H]1c1cccc(OC)c1O. The summed E-state index contributed by atoms with van der Waals surface area (Å²) < 4.78 is 30.3. The minimum Gasteiger partial charge on any atom is -0.504 e. The van der Waals surface area contributed by atoms with Gasteiger partial charge in [-0.05, 0) is 23.8 Å². The summed E-state index contributed by atoms with van der Waals surface area (Å²) in [5.41, 5.74) is 2.44. The molecule has 0 fully saturated rings. The molecule has 2 aromatic rings. The number of benzene rings is 2. The number of hydrogen-bond donors (Lipinski definition) is 2. The lowest BCUT2D eigenvalue weighted by molar-refractivity contribution is -0.132. The predicted molar refractivity (Wildman–Crippen MR) is 111 cm³/mol. The van der Waals surface area contributed by atoms with E-state index in [0.717, 1.165) is 11.8 Å². The molecule has 0 radical (unpaired) electrons. The highest BCUT2D eigenvalue weighted by atomic mass is 32.2. The fourth-order valence-corrected chi connectivity index (χ4v) is 3.80. The number of para-hydroxylation sites is 1. The third-order valence-corrected chi connectivity index (χ3v) is 5.21. The lowest BCUT2D eigenvalue weighted by Gasteiger charge is -2.22. The van der Waals surface area contributed by atoms with E-state index in [1.807, 2.05) is 0 Å². The number of amides is 1. The Hall–Kier alpha value is -3.07. The van der Waals surface area contributed by atoms with Gasteiger partial charge in [-0.15, -0.1) is 0 Å². The molecular weight excluding hydrogens is 394 g/mol. The zero-order valence-corrected chi connectivity index (χ0v) is 17.2. The molecule has 29 heavy (non-hydrogen) atoms. The Kier molecular flexibility index (Phi) is 5.78. The normalized spacial score (nSPS) is 16.4. The van der Waals surface area contributed by atoms with Crippen LogP contribution in [0.2, 0.25) is 0 Å². The van der Waals surface area contributed by atoms with Gasteiger partial charge in [-0.1, -0.05) is 31.2 Å². The van der Waals surface area contributed by atoms with Gasteiger partial charge in [0.05, 0.1) is 25.1 Å². The van der Waals surface area contributed by atoms with Crippen molar-refractivity contribution in [3.05, 3.63) is 53.6 Å². The number of rotatable bonds is 6. The van der Waals surface area contributed by atoms with Gasteiger partial charge in [0.2, 0.25) is 15.9 Å². The quantitative estimate of drug-likeness (QED) is 0.751. The number of phenolic OH excluding ortho intramolecular Hbond substituents is 1. The Balaban J connectivity index is 1.93.